The van der Waals surface area contributed by atoms with Crippen LogP contribution in [0, 0.1) is 0 Å². The summed E-state index contributed by atoms with van der Waals surface area (Å²) in [6.45, 7) is 0. The molecule has 2 aromatic heterocycles. The van der Waals surface area contributed by atoms with Crippen molar-refractivity contribution >= 4 is 23.1 Å². The van der Waals surface area contributed by atoms with E-state index in [4.69, 9.17) is 13.0 Å². The first kappa shape index (κ1) is 21.1. The quantitative estimate of drug-likeness (QED) is 0.287. The highest BCUT2D eigenvalue weighted by Crippen LogP contribution is 2.17. The van der Waals surface area contributed by atoms with Crippen LogP contribution in [-0.2, 0) is 0 Å². The second-order valence-electron chi connectivity index (χ2n) is 5.96. The van der Waals surface area contributed by atoms with Crippen molar-refractivity contribution in [1.82, 2.24) is 9.97 Å². The number of aromatic nitrogens is 2. The first-order chi connectivity index (χ1) is 14.5. The summed E-state index contributed by atoms with van der Waals surface area (Å²) >= 11 is 5.35. The van der Waals surface area contributed by atoms with E-state index >= 15 is 0 Å². The van der Waals surface area contributed by atoms with Gasteiger partial charge in [-0.25, -0.2) is 0 Å². The summed E-state index contributed by atoms with van der Waals surface area (Å²) in [6, 6.07) is 25.3. The van der Waals surface area contributed by atoms with Gasteiger partial charge in [0.25, 0.3) is 5.24 Å². The van der Waals surface area contributed by atoms with Crippen LogP contribution in [0.2, 0.25) is 0 Å². The normalized spacial score (nSPS) is 9.97. The summed E-state index contributed by atoms with van der Waals surface area (Å²) in [5.74, 6) is 0. The van der Waals surface area contributed by atoms with Gasteiger partial charge >= 0.3 is 0 Å². The molecular formula is C25H21ClN2O2. The van der Waals surface area contributed by atoms with E-state index in [1.54, 1.807) is 48.8 Å². The number of carbonyl (C=O) groups is 2. The molecule has 0 atom stereocenters. The molecule has 2 heterocycles. The van der Waals surface area contributed by atoms with Gasteiger partial charge in [-0.2, -0.15) is 0 Å². The van der Waals surface area contributed by atoms with E-state index in [1.165, 1.54) is 0 Å². The summed E-state index contributed by atoms with van der Waals surface area (Å²) < 4.78 is 6.94. The highest BCUT2D eigenvalue weighted by atomic mass is 35.5. The number of nitrogens with zero attached hydrogens (tertiary/aromatic N) is 2. The number of hydrogen-bond acceptors (Lipinski definition) is 4. The third kappa shape index (κ3) is 6.19. The third-order valence-corrected chi connectivity index (χ3v) is 4.25. The zero-order valence-electron chi connectivity index (χ0n) is 16.3. The predicted octanol–water partition coefficient (Wildman–Crippen LogP) is 6.32. The second kappa shape index (κ2) is 11.4. The number of benzene rings is 2. The zero-order valence-corrected chi connectivity index (χ0v) is 16.1. The van der Waals surface area contributed by atoms with Gasteiger partial charge in [0.2, 0.25) is 0 Å². The van der Waals surface area contributed by atoms with E-state index in [2.05, 4.69) is 9.97 Å². The molecule has 0 saturated carbocycles. The van der Waals surface area contributed by atoms with Crippen LogP contribution < -0.4 is 0 Å². The monoisotopic (exact) mass is 417 g/mol. The van der Waals surface area contributed by atoms with Crippen molar-refractivity contribution in [3.05, 3.63) is 108 Å². The van der Waals surface area contributed by atoms with Crippen LogP contribution in [0.4, 0.5) is 0 Å². The first-order valence-electron chi connectivity index (χ1n) is 9.28. The summed E-state index contributed by atoms with van der Waals surface area (Å²) in [4.78, 5) is 30.0. The molecule has 4 aromatic rings. The Labute approximate surface area is 182 Å². The topological polar surface area (TPSA) is 59.9 Å². The minimum atomic E-state index is -0.664. The number of halogens is 1. The second-order valence-corrected chi connectivity index (χ2v) is 6.30. The fourth-order valence-corrected chi connectivity index (χ4v) is 2.67. The molecule has 5 heteroatoms. The van der Waals surface area contributed by atoms with Crippen LogP contribution in [0.3, 0.4) is 0 Å². The maximum absolute atomic E-state index is 10.8. The van der Waals surface area contributed by atoms with Crippen LogP contribution in [0.25, 0.3) is 22.5 Å². The zero-order chi connectivity index (χ0) is 21.3. The molecule has 0 radical (unpaired) electrons. The molecule has 0 spiro atoms. The standard InChI is InChI=1S/C12H8ClNO.C12H9NO.CH4/c13-12(15)10-6-4-9(5-7-10)11-3-1-2-8-14-11;14-9-10-4-6-11(7-5-10)12-3-1-2-8-13-12;/h1-8H;1-9H;1H4/i;9D;. The summed E-state index contributed by atoms with van der Waals surface area (Å²) in [5, 5.41) is -0.442. The average Bonchev–Trinajstić information content (AvgIpc) is 2.81. The Hall–Kier alpha value is -3.63. The molecule has 4 rings (SSSR count). The highest BCUT2D eigenvalue weighted by molar-refractivity contribution is 6.67. The number of aldehydes is 1. The molecule has 0 N–H and O–H groups in total. The Bertz CT molecular complexity index is 1020. The van der Waals surface area contributed by atoms with Gasteiger partial charge in [0, 0.05) is 34.6 Å². The molecule has 0 aliphatic carbocycles. The smallest absolute Gasteiger partial charge is 0.252 e. The average molecular weight is 418 g/mol. The van der Waals surface area contributed by atoms with Crippen molar-refractivity contribution in [2.24, 2.45) is 0 Å². The lowest BCUT2D eigenvalue weighted by Gasteiger charge is -2.00. The summed E-state index contributed by atoms with van der Waals surface area (Å²) in [7, 11) is 0. The van der Waals surface area contributed by atoms with Crippen LogP contribution in [0.15, 0.2) is 97.3 Å². The summed E-state index contributed by atoms with van der Waals surface area (Å²) in [5.41, 5.74) is 4.55. The maximum atomic E-state index is 10.8. The van der Waals surface area contributed by atoms with Gasteiger partial charge in [0.1, 0.15) is 7.63 Å². The highest BCUT2D eigenvalue weighted by Gasteiger charge is 2.02. The molecule has 0 aliphatic heterocycles. The largest absolute Gasteiger partial charge is 0.298 e. The van der Waals surface area contributed by atoms with Crippen molar-refractivity contribution in [2.45, 2.75) is 7.43 Å². The number of hydrogen-bond donors (Lipinski definition) is 0. The molecule has 30 heavy (non-hydrogen) atoms. The number of rotatable bonds is 4. The SMILES string of the molecule is C.O=C(Cl)c1ccc(-c2ccccn2)cc1.[2H]C(=O)c1ccc(-c2ccccn2)cc1. The Morgan fingerprint density at radius 3 is 1.60 bits per heavy atom. The van der Waals surface area contributed by atoms with E-state index in [0.717, 1.165) is 22.5 Å². The molecular weight excluding hydrogens is 396 g/mol. The molecule has 2 aromatic carbocycles. The van der Waals surface area contributed by atoms with Crippen LogP contribution in [0.5, 0.6) is 0 Å². The van der Waals surface area contributed by atoms with E-state index in [-0.39, 0.29) is 7.43 Å². The molecule has 0 fully saturated rings. The van der Waals surface area contributed by atoms with Crippen molar-refractivity contribution in [3.63, 3.8) is 0 Å². The lowest BCUT2D eigenvalue weighted by molar-refractivity contribution is 0.108. The van der Waals surface area contributed by atoms with E-state index in [1.807, 2.05) is 48.5 Å². The van der Waals surface area contributed by atoms with E-state index in [0.29, 0.717) is 11.1 Å². The van der Waals surface area contributed by atoms with Gasteiger partial charge < -0.3 is 0 Å². The lowest BCUT2D eigenvalue weighted by atomic mass is 10.1. The van der Waals surface area contributed by atoms with Crippen LogP contribution in [0.1, 0.15) is 29.5 Å². The first-order valence-corrected chi connectivity index (χ1v) is 9.16. The molecule has 0 bridgehead atoms. The van der Waals surface area contributed by atoms with Gasteiger partial charge in [0.15, 0.2) is 0 Å². The van der Waals surface area contributed by atoms with E-state index in [9.17, 15) is 9.59 Å². The minimum absolute atomic E-state index is 0. The molecule has 4 nitrogen and oxygen atoms in total. The Balaban J connectivity index is 0.000000213. The molecule has 150 valence electrons. The van der Waals surface area contributed by atoms with Crippen LogP contribution >= 0.6 is 11.6 Å². The molecule has 0 amide bonds. The molecule has 0 unspecified atom stereocenters. The van der Waals surface area contributed by atoms with Gasteiger partial charge in [-0.1, -0.05) is 56.0 Å². The van der Waals surface area contributed by atoms with Crippen molar-refractivity contribution in [3.8, 4) is 22.5 Å². The summed E-state index contributed by atoms with van der Waals surface area (Å²) in [6.07, 6.45) is 2.79. The fourth-order valence-electron chi connectivity index (χ4n) is 2.55. The predicted molar refractivity (Wildman–Crippen MR) is 122 cm³/mol. The lowest BCUT2D eigenvalue weighted by Crippen LogP contribution is -1.88. The number of pyridine rings is 2. The third-order valence-electron chi connectivity index (χ3n) is 4.04. The maximum Gasteiger partial charge on any atom is 0.252 e. The van der Waals surface area contributed by atoms with Crippen molar-refractivity contribution in [1.29, 1.82) is 0 Å². The van der Waals surface area contributed by atoms with Crippen molar-refractivity contribution < 1.29 is 11.0 Å². The van der Waals surface area contributed by atoms with Gasteiger partial charge in [-0.3, -0.25) is 19.6 Å². The van der Waals surface area contributed by atoms with Gasteiger partial charge in [-0.05, 0) is 48.0 Å². The minimum Gasteiger partial charge on any atom is -0.298 e. The Morgan fingerprint density at radius 2 is 1.23 bits per heavy atom. The van der Waals surface area contributed by atoms with E-state index < -0.39 is 11.5 Å². The fraction of sp³-hybridized carbons (Fsp3) is 0.0400. The molecule has 0 saturated heterocycles. The Kier molecular flexibility index (Phi) is 8.01. The number of carbonyl (C=O) groups excluding carboxylic acids is 2. The van der Waals surface area contributed by atoms with Gasteiger partial charge in [-0.15, -0.1) is 0 Å². The van der Waals surface area contributed by atoms with Crippen LogP contribution in [-0.4, -0.2) is 21.5 Å². The molecule has 0 aliphatic rings. The van der Waals surface area contributed by atoms with Gasteiger partial charge in [0.05, 0.1) is 11.4 Å². The van der Waals surface area contributed by atoms with Crippen molar-refractivity contribution in [2.75, 3.05) is 0 Å². The Morgan fingerprint density at radius 1 is 0.767 bits per heavy atom.